The molecule has 2 rings (SSSR count). The van der Waals surface area contributed by atoms with Crippen LogP contribution < -0.4 is 10.6 Å². The van der Waals surface area contributed by atoms with Crippen molar-refractivity contribution < 1.29 is 14.7 Å². The van der Waals surface area contributed by atoms with Crippen LogP contribution in [0.15, 0.2) is 0 Å². The van der Waals surface area contributed by atoms with Crippen molar-refractivity contribution in [3.63, 3.8) is 0 Å². The van der Waals surface area contributed by atoms with E-state index in [-0.39, 0.29) is 17.9 Å². The normalized spacial score (nSPS) is 22.2. The average molecular weight is 268 g/mol. The lowest BCUT2D eigenvalue weighted by atomic mass is 9.66. The number of nitrogens with one attached hydrogen (secondary N) is 2. The first kappa shape index (κ1) is 14.2. The highest BCUT2D eigenvalue weighted by molar-refractivity contribution is 5.74. The number of carbonyl (C=O) groups is 2. The predicted molar refractivity (Wildman–Crippen MR) is 71.8 cm³/mol. The molecule has 1 atom stereocenters. The second kappa shape index (κ2) is 5.80. The summed E-state index contributed by atoms with van der Waals surface area (Å²) in [4.78, 5) is 22.5. The molecule has 1 unspecified atom stereocenters. The van der Waals surface area contributed by atoms with E-state index in [9.17, 15) is 9.59 Å². The van der Waals surface area contributed by atoms with Gasteiger partial charge in [-0.2, -0.15) is 0 Å². The van der Waals surface area contributed by atoms with Crippen LogP contribution in [0.4, 0.5) is 4.79 Å². The van der Waals surface area contributed by atoms with Crippen molar-refractivity contribution in [3.8, 4) is 0 Å². The summed E-state index contributed by atoms with van der Waals surface area (Å²) in [5, 5.41) is 14.6. The van der Waals surface area contributed by atoms with E-state index in [1.807, 2.05) is 0 Å². The number of carbonyl (C=O) groups excluding carboxylic acids is 1. The van der Waals surface area contributed by atoms with Crippen molar-refractivity contribution in [1.82, 2.24) is 10.6 Å². The molecule has 5 heteroatoms. The van der Waals surface area contributed by atoms with Gasteiger partial charge >= 0.3 is 12.0 Å². The third-order valence-corrected chi connectivity index (χ3v) is 4.58. The maximum Gasteiger partial charge on any atom is 0.314 e. The minimum atomic E-state index is -0.774. The molecule has 2 amide bonds. The molecule has 0 bridgehead atoms. The Kier molecular flexibility index (Phi) is 4.32. The Bertz CT molecular complexity index is 349. The second-order valence-electron chi connectivity index (χ2n) is 6.30. The molecule has 2 aliphatic carbocycles. The molecule has 0 spiro atoms. The highest BCUT2D eigenvalue weighted by Gasteiger charge is 2.39. The molecule has 2 aliphatic rings. The standard InChI is InChI=1S/C14H24N2O3/c1-10(11-3-4-11)8-15-13(19)16-9-14(5-2-6-14)7-12(17)18/h10-11H,2-9H2,1H3,(H,17,18)(H2,15,16,19). The van der Waals surface area contributed by atoms with Crippen LogP contribution in [0.2, 0.25) is 0 Å². The molecule has 2 saturated carbocycles. The molecule has 0 aromatic carbocycles. The summed E-state index contributed by atoms with van der Waals surface area (Å²) in [5.74, 6) is 0.553. The summed E-state index contributed by atoms with van der Waals surface area (Å²) >= 11 is 0. The average Bonchev–Trinajstić information content (AvgIpc) is 3.12. The van der Waals surface area contributed by atoms with Crippen molar-refractivity contribution in [1.29, 1.82) is 0 Å². The summed E-state index contributed by atoms with van der Waals surface area (Å²) in [6.45, 7) is 3.35. The Morgan fingerprint density at radius 2 is 2.00 bits per heavy atom. The lowest BCUT2D eigenvalue weighted by molar-refractivity contribution is -0.141. The zero-order valence-electron chi connectivity index (χ0n) is 11.6. The molecule has 19 heavy (non-hydrogen) atoms. The smallest absolute Gasteiger partial charge is 0.314 e. The van der Waals surface area contributed by atoms with Crippen LogP contribution in [0.3, 0.4) is 0 Å². The van der Waals surface area contributed by atoms with Gasteiger partial charge in [-0.05, 0) is 42.9 Å². The first-order valence-corrected chi connectivity index (χ1v) is 7.24. The quantitative estimate of drug-likeness (QED) is 0.660. The molecule has 0 radical (unpaired) electrons. The maximum atomic E-state index is 11.7. The Morgan fingerprint density at radius 3 is 2.47 bits per heavy atom. The number of carboxylic acids is 1. The van der Waals surface area contributed by atoms with E-state index in [4.69, 9.17) is 5.11 Å². The number of hydrogen-bond donors (Lipinski definition) is 3. The number of hydrogen-bond acceptors (Lipinski definition) is 2. The third kappa shape index (κ3) is 4.11. The fourth-order valence-corrected chi connectivity index (χ4v) is 2.83. The minimum absolute atomic E-state index is 0.158. The highest BCUT2D eigenvalue weighted by atomic mass is 16.4. The number of amides is 2. The Hall–Kier alpha value is -1.26. The zero-order valence-corrected chi connectivity index (χ0v) is 11.6. The fourth-order valence-electron chi connectivity index (χ4n) is 2.83. The molecule has 0 heterocycles. The van der Waals surface area contributed by atoms with Crippen LogP contribution in [-0.4, -0.2) is 30.2 Å². The largest absolute Gasteiger partial charge is 0.481 e. The van der Waals surface area contributed by atoms with E-state index in [0.29, 0.717) is 19.0 Å². The van der Waals surface area contributed by atoms with E-state index in [1.165, 1.54) is 12.8 Å². The molecule has 2 fully saturated rings. The molecule has 3 N–H and O–H groups in total. The van der Waals surface area contributed by atoms with Crippen LogP contribution in [0.25, 0.3) is 0 Å². The van der Waals surface area contributed by atoms with Crippen LogP contribution in [0.5, 0.6) is 0 Å². The number of rotatable bonds is 7. The minimum Gasteiger partial charge on any atom is -0.481 e. The van der Waals surface area contributed by atoms with Crippen LogP contribution in [-0.2, 0) is 4.79 Å². The van der Waals surface area contributed by atoms with Gasteiger partial charge in [-0.25, -0.2) is 4.79 Å². The first-order valence-electron chi connectivity index (χ1n) is 7.24. The van der Waals surface area contributed by atoms with Gasteiger partial charge in [0.2, 0.25) is 0 Å². The lowest BCUT2D eigenvalue weighted by Crippen LogP contribution is -2.47. The van der Waals surface area contributed by atoms with Gasteiger partial charge in [0, 0.05) is 13.1 Å². The van der Waals surface area contributed by atoms with Crippen molar-refractivity contribution in [3.05, 3.63) is 0 Å². The number of urea groups is 1. The van der Waals surface area contributed by atoms with E-state index >= 15 is 0 Å². The highest BCUT2D eigenvalue weighted by Crippen LogP contribution is 2.43. The zero-order chi connectivity index (χ0) is 13.9. The summed E-state index contributed by atoms with van der Waals surface area (Å²) in [6, 6.07) is -0.163. The SMILES string of the molecule is CC(CNC(=O)NCC1(CC(=O)O)CCC1)C1CC1. The summed E-state index contributed by atoms with van der Waals surface area (Å²) < 4.78 is 0. The molecule has 0 aromatic rings. The van der Waals surface area contributed by atoms with Crippen molar-refractivity contribution >= 4 is 12.0 Å². The first-order chi connectivity index (χ1) is 9.01. The molecular formula is C14H24N2O3. The Morgan fingerprint density at radius 1 is 1.32 bits per heavy atom. The predicted octanol–water partition coefficient (Wildman–Crippen LogP) is 1.98. The third-order valence-electron chi connectivity index (χ3n) is 4.58. The molecule has 0 aliphatic heterocycles. The van der Waals surface area contributed by atoms with Crippen molar-refractivity contribution in [2.24, 2.45) is 17.3 Å². The molecular weight excluding hydrogens is 244 g/mol. The van der Waals surface area contributed by atoms with Gasteiger partial charge < -0.3 is 15.7 Å². The van der Waals surface area contributed by atoms with Gasteiger partial charge in [-0.3, -0.25) is 4.79 Å². The van der Waals surface area contributed by atoms with Crippen molar-refractivity contribution in [2.75, 3.05) is 13.1 Å². The van der Waals surface area contributed by atoms with Gasteiger partial charge in [-0.1, -0.05) is 13.3 Å². The van der Waals surface area contributed by atoms with Crippen LogP contribution in [0, 0.1) is 17.3 Å². The number of carboxylic acid groups (broad SMARTS) is 1. The lowest BCUT2D eigenvalue weighted by Gasteiger charge is -2.40. The molecule has 5 nitrogen and oxygen atoms in total. The van der Waals surface area contributed by atoms with E-state index in [0.717, 1.165) is 25.2 Å². The second-order valence-corrected chi connectivity index (χ2v) is 6.30. The maximum absolute atomic E-state index is 11.7. The van der Waals surface area contributed by atoms with Gasteiger partial charge in [0.1, 0.15) is 0 Å². The summed E-state index contributed by atoms with van der Waals surface area (Å²) in [6.07, 6.45) is 5.59. The summed E-state index contributed by atoms with van der Waals surface area (Å²) in [7, 11) is 0. The molecule has 0 saturated heterocycles. The molecule has 0 aromatic heterocycles. The Balaban J connectivity index is 1.65. The Labute approximate surface area is 114 Å². The van der Waals surface area contributed by atoms with Gasteiger partial charge in [0.05, 0.1) is 6.42 Å². The van der Waals surface area contributed by atoms with E-state index in [2.05, 4.69) is 17.6 Å². The topological polar surface area (TPSA) is 78.4 Å². The summed E-state index contributed by atoms with van der Waals surface area (Å²) in [5.41, 5.74) is -0.203. The van der Waals surface area contributed by atoms with Crippen LogP contribution >= 0.6 is 0 Å². The van der Waals surface area contributed by atoms with Crippen molar-refractivity contribution in [2.45, 2.75) is 45.4 Å². The van der Waals surface area contributed by atoms with Crippen LogP contribution in [0.1, 0.15) is 45.4 Å². The number of aliphatic carboxylic acids is 1. The van der Waals surface area contributed by atoms with E-state index in [1.54, 1.807) is 0 Å². The fraction of sp³-hybridized carbons (Fsp3) is 0.857. The monoisotopic (exact) mass is 268 g/mol. The van der Waals surface area contributed by atoms with Gasteiger partial charge in [0.15, 0.2) is 0 Å². The molecule has 108 valence electrons. The van der Waals surface area contributed by atoms with E-state index < -0.39 is 5.97 Å². The van der Waals surface area contributed by atoms with Gasteiger partial charge in [-0.15, -0.1) is 0 Å². The van der Waals surface area contributed by atoms with Gasteiger partial charge in [0.25, 0.3) is 0 Å².